The van der Waals surface area contributed by atoms with E-state index in [-0.39, 0.29) is 23.8 Å². The highest BCUT2D eigenvalue weighted by Gasteiger charge is 2.24. The molecule has 0 fully saturated rings. The Kier molecular flexibility index (Phi) is 8.54. The molecule has 0 unspecified atom stereocenters. The van der Waals surface area contributed by atoms with Crippen molar-refractivity contribution in [2.45, 2.75) is 53.4 Å². The number of anilines is 1. The number of aromatic nitrogens is 2. The SMILES string of the molecule is Cc1cccc(-n2nc(C(C)(C)C)cc2NC(=O)CN(CCC(C)C)C(=O)c2ccc(Br)cc2)c1. The van der Waals surface area contributed by atoms with Crippen molar-refractivity contribution in [3.63, 3.8) is 0 Å². The van der Waals surface area contributed by atoms with Crippen LogP contribution in [0.5, 0.6) is 0 Å². The van der Waals surface area contributed by atoms with Crippen LogP contribution in [0.4, 0.5) is 5.82 Å². The summed E-state index contributed by atoms with van der Waals surface area (Å²) in [4.78, 5) is 28.1. The second-order valence-electron chi connectivity index (χ2n) is 10.4. The Hall–Kier alpha value is -2.93. The van der Waals surface area contributed by atoms with Gasteiger partial charge in [-0.2, -0.15) is 5.10 Å². The van der Waals surface area contributed by atoms with Crippen LogP contribution in [0.3, 0.4) is 0 Å². The van der Waals surface area contributed by atoms with Crippen LogP contribution < -0.4 is 5.32 Å². The molecule has 1 N–H and O–H groups in total. The minimum absolute atomic E-state index is 0.0362. The molecule has 0 spiro atoms. The van der Waals surface area contributed by atoms with Crippen LogP contribution in [-0.4, -0.2) is 39.6 Å². The molecule has 0 radical (unpaired) electrons. The molecule has 35 heavy (non-hydrogen) atoms. The molecule has 0 bridgehead atoms. The number of hydrogen-bond donors (Lipinski definition) is 1. The minimum atomic E-state index is -0.256. The fraction of sp³-hybridized carbons (Fsp3) is 0.393. The minimum Gasteiger partial charge on any atom is -0.329 e. The highest BCUT2D eigenvalue weighted by atomic mass is 79.9. The number of carbonyl (C=O) groups is 2. The summed E-state index contributed by atoms with van der Waals surface area (Å²) < 4.78 is 2.67. The van der Waals surface area contributed by atoms with Crippen molar-refractivity contribution in [1.82, 2.24) is 14.7 Å². The van der Waals surface area contributed by atoms with E-state index >= 15 is 0 Å². The Morgan fingerprint density at radius 2 is 1.77 bits per heavy atom. The van der Waals surface area contributed by atoms with Crippen molar-refractivity contribution >= 4 is 33.6 Å². The maximum absolute atomic E-state index is 13.2. The number of benzene rings is 2. The zero-order valence-corrected chi connectivity index (χ0v) is 23.0. The van der Waals surface area contributed by atoms with Crippen LogP contribution in [0.25, 0.3) is 5.69 Å². The highest BCUT2D eigenvalue weighted by molar-refractivity contribution is 9.10. The summed E-state index contributed by atoms with van der Waals surface area (Å²) >= 11 is 3.41. The fourth-order valence-corrected chi connectivity index (χ4v) is 3.85. The van der Waals surface area contributed by atoms with Gasteiger partial charge in [-0.1, -0.05) is 62.7 Å². The average molecular weight is 540 g/mol. The van der Waals surface area contributed by atoms with Crippen molar-refractivity contribution in [1.29, 1.82) is 0 Å². The Morgan fingerprint density at radius 1 is 1.09 bits per heavy atom. The van der Waals surface area contributed by atoms with E-state index in [9.17, 15) is 9.59 Å². The number of rotatable bonds is 8. The van der Waals surface area contributed by atoms with Crippen molar-refractivity contribution in [3.05, 3.63) is 75.9 Å². The number of amides is 2. The molecule has 0 aliphatic rings. The molecule has 186 valence electrons. The number of carbonyl (C=O) groups excluding carboxylic acids is 2. The molecule has 0 saturated heterocycles. The normalized spacial score (nSPS) is 11.5. The van der Waals surface area contributed by atoms with E-state index in [2.05, 4.69) is 55.9 Å². The van der Waals surface area contributed by atoms with Crippen molar-refractivity contribution in [2.75, 3.05) is 18.4 Å². The maximum Gasteiger partial charge on any atom is 0.254 e. The monoisotopic (exact) mass is 538 g/mol. The van der Waals surface area contributed by atoms with Crippen molar-refractivity contribution < 1.29 is 9.59 Å². The molecular weight excluding hydrogens is 504 g/mol. The molecule has 2 amide bonds. The molecule has 3 aromatic rings. The van der Waals surface area contributed by atoms with Crippen LogP contribution in [0.15, 0.2) is 59.1 Å². The first-order valence-electron chi connectivity index (χ1n) is 12.0. The van der Waals surface area contributed by atoms with Gasteiger partial charge in [0.15, 0.2) is 0 Å². The Balaban J connectivity index is 1.86. The van der Waals surface area contributed by atoms with Gasteiger partial charge < -0.3 is 10.2 Å². The van der Waals surface area contributed by atoms with Crippen LogP contribution in [-0.2, 0) is 10.2 Å². The number of halogens is 1. The van der Waals surface area contributed by atoms with E-state index in [1.54, 1.807) is 21.7 Å². The Labute approximate surface area is 216 Å². The first-order valence-corrected chi connectivity index (χ1v) is 12.8. The fourth-order valence-electron chi connectivity index (χ4n) is 3.59. The summed E-state index contributed by atoms with van der Waals surface area (Å²) in [6.07, 6.45) is 0.810. The van der Waals surface area contributed by atoms with Crippen LogP contribution in [0.2, 0.25) is 0 Å². The first-order chi connectivity index (χ1) is 16.4. The Morgan fingerprint density at radius 3 is 2.37 bits per heavy atom. The third kappa shape index (κ3) is 7.28. The summed E-state index contributed by atoms with van der Waals surface area (Å²) in [6.45, 7) is 13.0. The zero-order chi connectivity index (χ0) is 25.8. The summed E-state index contributed by atoms with van der Waals surface area (Å²) in [6, 6.07) is 17.1. The lowest BCUT2D eigenvalue weighted by Gasteiger charge is -2.23. The summed E-state index contributed by atoms with van der Waals surface area (Å²) in [7, 11) is 0. The molecule has 2 aromatic carbocycles. The number of nitrogens with one attached hydrogen (secondary N) is 1. The lowest BCUT2D eigenvalue weighted by atomic mass is 9.92. The van der Waals surface area contributed by atoms with Crippen molar-refractivity contribution in [3.8, 4) is 5.69 Å². The first kappa shape index (κ1) is 26.7. The third-order valence-electron chi connectivity index (χ3n) is 5.68. The van der Waals surface area contributed by atoms with Gasteiger partial charge in [0.1, 0.15) is 12.4 Å². The molecule has 3 rings (SSSR count). The molecule has 7 heteroatoms. The number of hydrogen-bond acceptors (Lipinski definition) is 3. The molecule has 0 aliphatic heterocycles. The van der Waals surface area contributed by atoms with Crippen LogP contribution in [0.1, 0.15) is 62.7 Å². The number of aryl methyl sites for hydroxylation is 1. The molecule has 6 nitrogen and oxygen atoms in total. The largest absolute Gasteiger partial charge is 0.329 e. The van der Waals surface area contributed by atoms with E-state index in [0.717, 1.165) is 27.8 Å². The summed E-state index contributed by atoms with van der Waals surface area (Å²) in [5, 5.41) is 7.81. The van der Waals surface area contributed by atoms with Gasteiger partial charge in [0, 0.05) is 28.1 Å². The van der Waals surface area contributed by atoms with E-state index in [4.69, 9.17) is 5.10 Å². The lowest BCUT2D eigenvalue weighted by molar-refractivity contribution is -0.117. The van der Waals surface area contributed by atoms with Crippen LogP contribution in [0, 0.1) is 12.8 Å². The molecule has 1 aromatic heterocycles. The highest BCUT2D eigenvalue weighted by Crippen LogP contribution is 2.26. The van der Waals surface area contributed by atoms with Gasteiger partial charge >= 0.3 is 0 Å². The predicted molar refractivity (Wildman–Crippen MR) is 145 cm³/mol. The second kappa shape index (κ2) is 11.2. The van der Waals surface area contributed by atoms with Gasteiger partial charge in [0.05, 0.1) is 11.4 Å². The van der Waals surface area contributed by atoms with Gasteiger partial charge in [0.2, 0.25) is 5.91 Å². The molecule has 0 aliphatic carbocycles. The van der Waals surface area contributed by atoms with Gasteiger partial charge in [0.25, 0.3) is 5.91 Å². The summed E-state index contributed by atoms with van der Waals surface area (Å²) in [5.41, 5.74) is 3.22. The summed E-state index contributed by atoms with van der Waals surface area (Å²) in [5.74, 6) is 0.588. The molecular formula is C28H35BrN4O2. The second-order valence-corrected chi connectivity index (χ2v) is 11.3. The smallest absolute Gasteiger partial charge is 0.254 e. The number of nitrogens with zero attached hydrogens (tertiary/aromatic N) is 3. The average Bonchev–Trinajstić information content (AvgIpc) is 3.21. The van der Waals surface area contributed by atoms with E-state index in [1.165, 1.54) is 0 Å². The van der Waals surface area contributed by atoms with Gasteiger partial charge in [-0.05, 0) is 61.2 Å². The Bertz CT molecular complexity index is 1180. The molecule has 0 saturated carbocycles. The molecule has 0 atom stereocenters. The van der Waals surface area contributed by atoms with Crippen LogP contribution >= 0.6 is 15.9 Å². The third-order valence-corrected chi connectivity index (χ3v) is 6.21. The topological polar surface area (TPSA) is 67.2 Å². The van der Waals surface area contributed by atoms with Crippen molar-refractivity contribution in [2.24, 2.45) is 5.92 Å². The van der Waals surface area contributed by atoms with E-state index < -0.39 is 0 Å². The van der Waals surface area contributed by atoms with Gasteiger partial charge in [-0.3, -0.25) is 9.59 Å². The zero-order valence-electron chi connectivity index (χ0n) is 21.4. The predicted octanol–water partition coefficient (Wildman–Crippen LogP) is 6.37. The van der Waals surface area contributed by atoms with E-state index in [0.29, 0.717) is 23.8 Å². The van der Waals surface area contributed by atoms with Gasteiger partial charge in [-0.25, -0.2) is 4.68 Å². The van der Waals surface area contributed by atoms with Gasteiger partial charge in [-0.15, -0.1) is 0 Å². The van der Waals surface area contributed by atoms with E-state index in [1.807, 2.05) is 49.4 Å². The standard InChI is InChI=1S/C28H35BrN4O2/c1-19(2)14-15-32(27(35)21-10-12-22(29)13-11-21)18-26(34)30-25-17-24(28(4,5)6)31-33(25)23-9-7-8-20(3)16-23/h7-13,16-17,19H,14-15,18H2,1-6H3,(H,30,34). The maximum atomic E-state index is 13.2. The quantitative estimate of drug-likeness (QED) is 0.362. The molecule has 1 heterocycles. The lowest BCUT2D eigenvalue weighted by Crippen LogP contribution is -2.39.